The monoisotopic (exact) mass is 380 g/mol. The van der Waals surface area contributed by atoms with Crippen molar-refractivity contribution in [3.8, 4) is 0 Å². The van der Waals surface area contributed by atoms with Crippen LogP contribution in [-0.4, -0.2) is 36.9 Å². The molecule has 0 fully saturated rings. The van der Waals surface area contributed by atoms with E-state index in [2.05, 4.69) is 4.98 Å². The molecule has 1 aromatic heterocycles. The molecule has 1 aliphatic heterocycles. The minimum Gasteiger partial charge on any atom is -0.304 e. The summed E-state index contributed by atoms with van der Waals surface area (Å²) in [5, 5.41) is 3.13. The zero-order valence-corrected chi connectivity index (χ0v) is 15.4. The fraction of sp³-hybridized carbons (Fsp3) is 0.250. The van der Waals surface area contributed by atoms with Crippen molar-refractivity contribution in [2.24, 2.45) is 0 Å². The molecule has 0 spiro atoms. The number of thiazole rings is 1. The molecule has 3 rings (SSSR count). The number of para-hydroxylation sites is 1. The van der Waals surface area contributed by atoms with E-state index in [9.17, 15) is 13.2 Å². The zero-order chi connectivity index (χ0) is 17.2. The van der Waals surface area contributed by atoms with Gasteiger partial charge in [-0.2, -0.15) is 0 Å². The SMILES string of the molecule is Cc1csc(SCC(=O)N(c2ccccc2)C2C=CS(=O)(=O)C2)n1. The van der Waals surface area contributed by atoms with Crippen molar-refractivity contribution in [3.63, 3.8) is 0 Å². The highest BCUT2D eigenvalue weighted by atomic mass is 32.2. The maximum Gasteiger partial charge on any atom is 0.238 e. The van der Waals surface area contributed by atoms with E-state index in [0.717, 1.165) is 10.0 Å². The lowest BCUT2D eigenvalue weighted by Crippen LogP contribution is -2.42. The van der Waals surface area contributed by atoms with Crippen molar-refractivity contribution >= 4 is 44.5 Å². The molecule has 0 saturated heterocycles. The molecule has 1 atom stereocenters. The number of benzene rings is 1. The molecule has 24 heavy (non-hydrogen) atoms. The summed E-state index contributed by atoms with van der Waals surface area (Å²) in [6.07, 6.45) is 1.58. The first-order valence-corrected chi connectivity index (χ1v) is 10.9. The van der Waals surface area contributed by atoms with Crippen molar-refractivity contribution < 1.29 is 13.2 Å². The van der Waals surface area contributed by atoms with E-state index >= 15 is 0 Å². The van der Waals surface area contributed by atoms with Gasteiger partial charge in [0, 0.05) is 22.2 Å². The highest BCUT2D eigenvalue weighted by molar-refractivity contribution is 8.01. The second-order valence-corrected chi connectivity index (χ2v) is 9.38. The maximum absolute atomic E-state index is 12.8. The Morgan fingerprint density at radius 1 is 1.38 bits per heavy atom. The number of carbonyl (C=O) groups excluding carboxylic acids is 1. The summed E-state index contributed by atoms with van der Waals surface area (Å²) in [5.41, 5.74) is 1.63. The zero-order valence-electron chi connectivity index (χ0n) is 13.0. The number of carbonyl (C=O) groups is 1. The number of rotatable bonds is 5. The van der Waals surface area contributed by atoms with Crippen LogP contribution in [0, 0.1) is 6.92 Å². The lowest BCUT2D eigenvalue weighted by Gasteiger charge is -2.27. The van der Waals surface area contributed by atoms with Crippen LogP contribution in [0.5, 0.6) is 0 Å². The van der Waals surface area contributed by atoms with Gasteiger partial charge in [-0.05, 0) is 25.1 Å². The number of aromatic nitrogens is 1. The summed E-state index contributed by atoms with van der Waals surface area (Å²) >= 11 is 2.88. The lowest BCUT2D eigenvalue weighted by molar-refractivity contribution is -0.116. The average molecular weight is 381 g/mol. The number of hydrogen-bond acceptors (Lipinski definition) is 6. The summed E-state index contributed by atoms with van der Waals surface area (Å²) in [5.74, 6) is 0.00626. The molecule has 0 saturated carbocycles. The Balaban J connectivity index is 1.79. The largest absolute Gasteiger partial charge is 0.304 e. The first kappa shape index (κ1) is 17.2. The molecule has 0 bridgehead atoms. The Morgan fingerprint density at radius 3 is 2.71 bits per heavy atom. The molecule has 1 amide bonds. The highest BCUT2D eigenvalue weighted by Crippen LogP contribution is 2.26. The van der Waals surface area contributed by atoms with Gasteiger partial charge >= 0.3 is 0 Å². The van der Waals surface area contributed by atoms with Crippen LogP contribution in [0.3, 0.4) is 0 Å². The van der Waals surface area contributed by atoms with E-state index in [-0.39, 0.29) is 17.4 Å². The Morgan fingerprint density at radius 2 is 2.12 bits per heavy atom. The molecule has 5 nitrogen and oxygen atoms in total. The number of anilines is 1. The number of hydrogen-bond donors (Lipinski definition) is 0. The Bertz CT molecular complexity index is 860. The number of amides is 1. The number of thioether (sulfide) groups is 1. The van der Waals surface area contributed by atoms with Crippen LogP contribution in [0.2, 0.25) is 0 Å². The molecule has 2 heterocycles. The van der Waals surface area contributed by atoms with Crippen LogP contribution < -0.4 is 4.90 Å². The predicted octanol–water partition coefficient (Wildman–Crippen LogP) is 2.89. The van der Waals surface area contributed by atoms with E-state index in [4.69, 9.17) is 0 Å². The van der Waals surface area contributed by atoms with Gasteiger partial charge in [0.05, 0.1) is 17.5 Å². The maximum atomic E-state index is 12.8. The first-order valence-electron chi connectivity index (χ1n) is 7.27. The summed E-state index contributed by atoms with van der Waals surface area (Å²) in [6, 6.07) is 8.69. The van der Waals surface area contributed by atoms with Crippen molar-refractivity contribution in [3.05, 3.63) is 52.9 Å². The normalized spacial score (nSPS) is 18.6. The Labute approximate surface area is 149 Å². The smallest absolute Gasteiger partial charge is 0.238 e. The van der Waals surface area contributed by atoms with Gasteiger partial charge in [-0.3, -0.25) is 4.79 Å². The van der Waals surface area contributed by atoms with Gasteiger partial charge in [-0.15, -0.1) is 11.3 Å². The second kappa shape index (κ2) is 7.08. The van der Waals surface area contributed by atoms with E-state index in [1.165, 1.54) is 28.5 Å². The quantitative estimate of drug-likeness (QED) is 0.746. The third kappa shape index (κ3) is 4.06. The van der Waals surface area contributed by atoms with Crippen LogP contribution in [0.4, 0.5) is 5.69 Å². The molecule has 1 aromatic carbocycles. The van der Waals surface area contributed by atoms with Gasteiger partial charge < -0.3 is 4.90 Å². The minimum atomic E-state index is -3.24. The molecule has 1 aliphatic rings. The fourth-order valence-corrected chi connectivity index (χ4v) is 5.40. The minimum absolute atomic E-state index is 0.0747. The predicted molar refractivity (Wildman–Crippen MR) is 98.2 cm³/mol. The number of aryl methyl sites for hydroxylation is 1. The molecular weight excluding hydrogens is 364 g/mol. The van der Waals surface area contributed by atoms with Gasteiger partial charge in [-0.1, -0.05) is 30.0 Å². The van der Waals surface area contributed by atoms with Crippen molar-refractivity contribution in [1.29, 1.82) is 0 Å². The average Bonchev–Trinajstić information content (AvgIpc) is 3.12. The van der Waals surface area contributed by atoms with Crippen molar-refractivity contribution in [2.45, 2.75) is 17.3 Å². The van der Waals surface area contributed by atoms with Gasteiger partial charge in [0.25, 0.3) is 0 Å². The van der Waals surface area contributed by atoms with Gasteiger partial charge in [0.1, 0.15) is 0 Å². The molecule has 0 aliphatic carbocycles. The Kier molecular flexibility index (Phi) is 5.07. The summed E-state index contributed by atoms with van der Waals surface area (Å²) in [4.78, 5) is 18.7. The summed E-state index contributed by atoms with van der Waals surface area (Å²) in [7, 11) is -3.24. The topological polar surface area (TPSA) is 67.3 Å². The highest BCUT2D eigenvalue weighted by Gasteiger charge is 2.31. The van der Waals surface area contributed by atoms with E-state index in [0.29, 0.717) is 5.69 Å². The second-order valence-electron chi connectivity index (χ2n) is 5.37. The lowest BCUT2D eigenvalue weighted by atomic mass is 10.2. The van der Waals surface area contributed by atoms with Crippen LogP contribution in [0.25, 0.3) is 0 Å². The van der Waals surface area contributed by atoms with Crippen LogP contribution in [0.15, 0.2) is 51.5 Å². The molecule has 1 unspecified atom stereocenters. The fourth-order valence-electron chi connectivity index (χ4n) is 2.42. The number of nitrogens with zero attached hydrogens (tertiary/aromatic N) is 2. The Hall–Kier alpha value is -1.64. The number of sulfone groups is 1. The van der Waals surface area contributed by atoms with Gasteiger partial charge in [0.15, 0.2) is 14.2 Å². The van der Waals surface area contributed by atoms with E-state index in [1.807, 2.05) is 42.6 Å². The summed E-state index contributed by atoms with van der Waals surface area (Å²) < 4.78 is 24.3. The first-order chi connectivity index (χ1) is 11.4. The molecule has 0 N–H and O–H groups in total. The molecular formula is C16H16N2O3S3. The van der Waals surface area contributed by atoms with Gasteiger partial charge in [-0.25, -0.2) is 13.4 Å². The molecule has 126 valence electrons. The van der Waals surface area contributed by atoms with Gasteiger partial charge in [0.2, 0.25) is 5.91 Å². The third-order valence-electron chi connectivity index (χ3n) is 3.46. The van der Waals surface area contributed by atoms with Crippen molar-refractivity contribution in [2.75, 3.05) is 16.4 Å². The third-order valence-corrected chi connectivity index (χ3v) is 6.96. The van der Waals surface area contributed by atoms with Crippen LogP contribution in [0.1, 0.15) is 5.69 Å². The standard InChI is InChI=1S/C16H16N2O3S3/c1-12-9-22-16(17-12)23-10-15(19)18(13-5-3-2-4-6-13)14-7-8-24(20,21)11-14/h2-9,14H,10-11H2,1H3. The van der Waals surface area contributed by atoms with E-state index in [1.54, 1.807) is 11.0 Å². The van der Waals surface area contributed by atoms with Crippen molar-refractivity contribution in [1.82, 2.24) is 4.98 Å². The van der Waals surface area contributed by atoms with E-state index < -0.39 is 15.9 Å². The molecule has 8 heteroatoms. The van der Waals surface area contributed by atoms with Crippen LogP contribution in [-0.2, 0) is 14.6 Å². The summed E-state index contributed by atoms with van der Waals surface area (Å²) in [6.45, 7) is 1.91. The van der Waals surface area contributed by atoms with Crippen LogP contribution >= 0.6 is 23.1 Å². The molecule has 2 aromatic rings. The molecule has 0 radical (unpaired) electrons.